The lowest BCUT2D eigenvalue weighted by atomic mass is 10.1. The quantitative estimate of drug-likeness (QED) is 0.874. The molecule has 0 spiro atoms. The fourth-order valence-corrected chi connectivity index (χ4v) is 2.19. The molecule has 92 valence electrons. The van der Waals surface area contributed by atoms with E-state index < -0.39 is 0 Å². The normalized spacial score (nSPS) is 10.5. The van der Waals surface area contributed by atoms with Crippen LogP contribution in [0.4, 0.5) is 0 Å². The molecule has 0 bridgehead atoms. The number of halogens is 1. The van der Waals surface area contributed by atoms with Crippen LogP contribution in [0.5, 0.6) is 0 Å². The summed E-state index contributed by atoms with van der Waals surface area (Å²) in [5.74, 6) is 0. The van der Waals surface area contributed by atoms with E-state index in [1.807, 2.05) is 22.8 Å². The molecular weight excluding hydrogens is 296 g/mol. The van der Waals surface area contributed by atoms with E-state index in [0.29, 0.717) is 18.5 Å². The third kappa shape index (κ3) is 2.30. The molecule has 0 fully saturated rings. The number of methoxy groups -OCH3 is 1. The lowest BCUT2D eigenvalue weighted by molar-refractivity contribution is 0.188. The van der Waals surface area contributed by atoms with Gasteiger partial charge < -0.3 is 9.30 Å². The van der Waals surface area contributed by atoms with Crippen LogP contribution < -0.4 is 5.43 Å². The lowest BCUT2D eigenvalue weighted by Gasteiger charge is -2.11. The maximum atomic E-state index is 12.0. The summed E-state index contributed by atoms with van der Waals surface area (Å²) in [4.78, 5) is 12.0. The van der Waals surface area contributed by atoms with E-state index >= 15 is 0 Å². The number of nitriles is 1. The molecule has 2 rings (SSSR count). The molecule has 1 aromatic heterocycles. The molecule has 1 heterocycles. The lowest BCUT2D eigenvalue weighted by Crippen LogP contribution is -2.14. The zero-order chi connectivity index (χ0) is 13.1. The number of ether oxygens (including phenoxy) is 1. The van der Waals surface area contributed by atoms with Gasteiger partial charge in [0.05, 0.1) is 12.1 Å². The van der Waals surface area contributed by atoms with Crippen molar-refractivity contribution in [2.24, 2.45) is 0 Å². The van der Waals surface area contributed by atoms with Crippen molar-refractivity contribution in [3.05, 3.63) is 44.7 Å². The van der Waals surface area contributed by atoms with Gasteiger partial charge in [0, 0.05) is 29.7 Å². The number of nitrogens with zero attached hydrogens (tertiary/aromatic N) is 2. The number of rotatable bonds is 3. The van der Waals surface area contributed by atoms with E-state index in [0.717, 1.165) is 9.99 Å². The number of hydrogen-bond acceptors (Lipinski definition) is 3. The zero-order valence-electron chi connectivity index (χ0n) is 9.81. The minimum Gasteiger partial charge on any atom is -0.383 e. The average molecular weight is 307 g/mol. The summed E-state index contributed by atoms with van der Waals surface area (Å²) in [5.41, 5.74) is 0.721. The number of benzene rings is 1. The van der Waals surface area contributed by atoms with Gasteiger partial charge in [-0.05, 0) is 18.2 Å². The molecule has 0 radical (unpaired) electrons. The van der Waals surface area contributed by atoms with Crippen molar-refractivity contribution in [1.82, 2.24) is 4.57 Å². The van der Waals surface area contributed by atoms with Gasteiger partial charge in [-0.2, -0.15) is 5.26 Å². The fraction of sp³-hybridized carbons (Fsp3) is 0.231. The molecule has 0 saturated heterocycles. The van der Waals surface area contributed by atoms with E-state index in [2.05, 4.69) is 15.9 Å². The monoisotopic (exact) mass is 306 g/mol. The Bertz CT molecular complexity index is 686. The summed E-state index contributed by atoms with van der Waals surface area (Å²) >= 11 is 3.33. The predicted molar refractivity (Wildman–Crippen MR) is 72.5 cm³/mol. The molecule has 0 amide bonds. The van der Waals surface area contributed by atoms with Crippen molar-refractivity contribution in [3.8, 4) is 6.07 Å². The molecule has 0 aliphatic carbocycles. The summed E-state index contributed by atoms with van der Waals surface area (Å²) in [5, 5.41) is 9.53. The Kier molecular flexibility index (Phi) is 3.80. The van der Waals surface area contributed by atoms with Gasteiger partial charge in [-0.3, -0.25) is 4.79 Å². The smallest absolute Gasteiger partial charge is 0.207 e. The van der Waals surface area contributed by atoms with Crippen molar-refractivity contribution in [2.75, 3.05) is 13.7 Å². The summed E-state index contributed by atoms with van der Waals surface area (Å²) in [6, 6.07) is 7.40. The van der Waals surface area contributed by atoms with Gasteiger partial charge in [0.1, 0.15) is 11.6 Å². The maximum Gasteiger partial charge on any atom is 0.207 e. The SMILES string of the molecule is COCCn1cc(C#N)c(=O)c2cc(Br)ccc21. The third-order valence-electron chi connectivity index (χ3n) is 2.70. The van der Waals surface area contributed by atoms with E-state index in [-0.39, 0.29) is 11.0 Å². The van der Waals surface area contributed by atoms with Gasteiger partial charge in [-0.1, -0.05) is 15.9 Å². The first-order valence-corrected chi connectivity index (χ1v) is 6.18. The Morgan fingerprint density at radius 3 is 2.94 bits per heavy atom. The standard InChI is InChI=1S/C13H11BrN2O2/c1-18-5-4-16-8-9(7-15)13(17)11-6-10(14)2-3-12(11)16/h2-3,6,8H,4-5H2,1H3. The van der Waals surface area contributed by atoms with Crippen LogP contribution in [-0.4, -0.2) is 18.3 Å². The van der Waals surface area contributed by atoms with E-state index in [1.54, 1.807) is 19.4 Å². The van der Waals surface area contributed by atoms with Crippen LogP contribution in [0.15, 0.2) is 33.7 Å². The van der Waals surface area contributed by atoms with Gasteiger partial charge in [-0.25, -0.2) is 0 Å². The van der Waals surface area contributed by atoms with Gasteiger partial charge in [0.25, 0.3) is 0 Å². The molecule has 2 aromatic rings. The van der Waals surface area contributed by atoms with Crippen molar-refractivity contribution >= 4 is 26.8 Å². The molecule has 0 aliphatic rings. The van der Waals surface area contributed by atoms with Crippen LogP contribution >= 0.6 is 15.9 Å². The molecule has 0 aliphatic heterocycles. The van der Waals surface area contributed by atoms with Crippen LogP contribution in [0.2, 0.25) is 0 Å². The van der Waals surface area contributed by atoms with Crippen LogP contribution in [0.25, 0.3) is 10.9 Å². The largest absolute Gasteiger partial charge is 0.383 e. The Morgan fingerprint density at radius 2 is 2.28 bits per heavy atom. The fourth-order valence-electron chi connectivity index (χ4n) is 1.82. The van der Waals surface area contributed by atoms with Crippen molar-refractivity contribution < 1.29 is 4.74 Å². The second kappa shape index (κ2) is 5.34. The Hall–Kier alpha value is -1.64. The molecule has 4 nitrogen and oxygen atoms in total. The van der Waals surface area contributed by atoms with Crippen LogP contribution in [-0.2, 0) is 11.3 Å². The molecular formula is C13H11BrN2O2. The summed E-state index contributed by atoms with van der Waals surface area (Å²) in [6.07, 6.45) is 1.58. The van der Waals surface area contributed by atoms with E-state index in [4.69, 9.17) is 10.00 Å². The van der Waals surface area contributed by atoms with Gasteiger partial charge >= 0.3 is 0 Å². The summed E-state index contributed by atoms with van der Waals surface area (Å²) in [7, 11) is 1.62. The van der Waals surface area contributed by atoms with Crippen molar-refractivity contribution in [2.45, 2.75) is 6.54 Å². The first-order chi connectivity index (χ1) is 8.67. The number of pyridine rings is 1. The highest BCUT2D eigenvalue weighted by Gasteiger charge is 2.08. The Morgan fingerprint density at radius 1 is 1.50 bits per heavy atom. The van der Waals surface area contributed by atoms with Gasteiger partial charge in [0.15, 0.2) is 0 Å². The minimum atomic E-state index is -0.234. The van der Waals surface area contributed by atoms with E-state index in [1.165, 1.54) is 0 Å². The second-order valence-electron chi connectivity index (χ2n) is 3.83. The molecule has 0 N–H and O–H groups in total. The highest BCUT2D eigenvalue weighted by molar-refractivity contribution is 9.10. The molecule has 0 unspecified atom stereocenters. The summed E-state index contributed by atoms with van der Waals surface area (Å²) < 4.78 is 7.72. The topological polar surface area (TPSA) is 55.0 Å². The van der Waals surface area contributed by atoms with E-state index in [9.17, 15) is 4.79 Å². The highest BCUT2D eigenvalue weighted by Crippen LogP contribution is 2.18. The maximum absolute atomic E-state index is 12.0. The molecule has 18 heavy (non-hydrogen) atoms. The van der Waals surface area contributed by atoms with Crippen molar-refractivity contribution in [1.29, 1.82) is 5.26 Å². The Labute approximate surface area is 113 Å². The molecule has 1 aromatic carbocycles. The number of hydrogen-bond donors (Lipinski definition) is 0. The third-order valence-corrected chi connectivity index (χ3v) is 3.19. The summed E-state index contributed by atoms with van der Waals surface area (Å²) in [6.45, 7) is 1.13. The second-order valence-corrected chi connectivity index (χ2v) is 4.75. The number of aromatic nitrogens is 1. The minimum absolute atomic E-state index is 0.150. The predicted octanol–water partition coefficient (Wildman–Crippen LogP) is 2.28. The average Bonchev–Trinajstić information content (AvgIpc) is 2.38. The van der Waals surface area contributed by atoms with Gasteiger partial charge in [-0.15, -0.1) is 0 Å². The molecule has 0 saturated carbocycles. The first-order valence-electron chi connectivity index (χ1n) is 5.39. The van der Waals surface area contributed by atoms with Gasteiger partial charge in [0.2, 0.25) is 5.43 Å². The van der Waals surface area contributed by atoms with Crippen molar-refractivity contribution in [3.63, 3.8) is 0 Å². The van der Waals surface area contributed by atoms with Crippen LogP contribution in [0, 0.1) is 11.3 Å². The molecule has 5 heteroatoms. The number of fused-ring (bicyclic) bond motifs is 1. The first kappa shape index (κ1) is 12.8. The molecule has 0 atom stereocenters. The Balaban J connectivity index is 2.74. The van der Waals surface area contributed by atoms with Crippen LogP contribution in [0.1, 0.15) is 5.56 Å². The van der Waals surface area contributed by atoms with Crippen LogP contribution in [0.3, 0.4) is 0 Å². The zero-order valence-corrected chi connectivity index (χ0v) is 11.4. The highest BCUT2D eigenvalue weighted by atomic mass is 79.9.